The quantitative estimate of drug-likeness (QED) is 0.823. The van der Waals surface area contributed by atoms with Crippen molar-refractivity contribution in [2.75, 3.05) is 39.3 Å². The maximum atomic E-state index is 12.6. The Morgan fingerprint density at radius 3 is 2.79 bits per heavy atom. The van der Waals surface area contributed by atoms with Crippen molar-refractivity contribution in [1.82, 2.24) is 15.0 Å². The summed E-state index contributed by atoms with van der Waals surface area (Å²) in [5, 5.41) is 3.96. The molecule has 0 saturated carbocycles. The normalized spacial score (nSPS) is 22.8. The van der Waals surface area contributed by atoms with Gasteiger partial charge in [0, 0.05) is 44.8 Å². The van der Waals surface area contributed by atoms with Crippen LogP contribution in [-0.4, -0.2) is 66.3 Å². The van der Waals surface area contributed by atoms with Crippen molar-refractivity contribution in [2.24, 2.45) is 0 Å². The number of carbonyl (C=O) groups excluding carboxylic acids is 1. The zero-order chi connectivity index (χ0) is 16.9. The fourth-order valence-corrected chi connectivity index (χ4v) is 3.73. The molecule has 1 unspecified atom stereocenters. The van der Waals surface area contributed by atoms with Crippen LogP contribution in [0.25, 0.3) is 0 Å². The van der Waals surface area contributed by atoms with E-state index in [1.807, 2.05) is 18.7 Å². The highest BCUT2D eigenvalue weighted by molar-refractivity contribution is 5.76. The van der Waals surface area contributed by atoms with Gasteiger partial charge in [-0.2, -0.15) is 0 Å². The topological polar surface area (TPSA) is 58.8 Å². The lowest BCUT2D eigenvalue weighted by atomic mass is 10.1. The number of aryl methyl sites for hydroxylation is 2. The Morgan fingerprint density at radius 1 is 1.21 bits per heavy atom. The Kier molecular flexibility index (Phi) is 5.89. The first-order valence-electron chi connectivity index (χ1n) is 9.17. The highest BCUT2D eigenvalue weighted by Crippen LogP contribution is 2.17. The molecule has 0 aliphatic carbocycles. The standard InChI is InChI=1S/C18H29N3O3/c1-14-17(15(2)24-19-14)6-7-18(22)21-9-4-8-20(10-11-21)13-16-5-3-12-23-16/h16H,3-13H2,1-2H3. The van der Waals surface area contributed by atoms with Crippen LogP contribution in [0.3, 0.4) is 0 Å². The van der Waals surface area contributed by atoms with Crippen LogP contribution in [0.4, 0.5) is 0 Å². The van der Waals surface area contributed by atoms with Crippen LogP contribution < -0.4 is 0 Å². The molecule has 2 aliphatic rings. The summed E-state index contributed by atoms with van der Waals surface area (Å²) in [6, 6.07) is 0. The summed E-state index contributed by atoms with van der Waals surface area (Å²) in [6.07, 6.45) is 5.06. The Morgan fingerprint density at radius 2 is 2.08 bits per heavy atom. The first-order chi connectivity index (χ1) is 11.6. The number of ether oxygens (including phenoxy) is 1. The minimum atomic E-state index is 0.244. The van der Waals surface area contributed by atoms with E-state index < -0.39 is 0 Å². The van der Waals surface area contributed by atoms with Gasteiger partial charge in [0.15, 0.2) is 0 Å². The van der Waals surface area contributed by atoms with Gasteiger partial charge < -0.3 is 14.2 Å². The second-order valence-corrected chi connectivity index (χ2v) is 6.97. The van der Waals surface area contributed by atoms with Gasteiger partial charge in [0.05, 0.1) is 11.8 Å². The molecule has 24 heavy (non-hydrogen) atoms. The fourth-order valence-electron chi connectivity index (χ4n) is 3.73. The lowest BCUT2D eigenvalue weighted by Crippen LogP contribution is -2.37. The van der Waals surface area contributed by atoms with Gasteiger partial charge in [-0.3, -0.25) is 9.69 Å². The summed E-state index contributed by atoms with van der Waals surface area (Å²) < 4.78 is 10.9. The molecule has 3 rings (SSSR count). The molecule has 0 radical (unpaired) electrons. The van der Waals surface area contributed by atoms with Crippen molar-refractivity contribution in [3.8, 4) is 0 Å². The largest absolute Gasteiger partial charge is 0.377 e. The summed E-state index contributed by atoms with van der Waals surface area (Å²) in [5.41, 5.74) is 1.98. The molecule has 1 atom stereocenters. The summed E-state index contributed by atoms with van der Waals surface area (Å²) in [6.45, 7) is 9.48. The molecule has 3 heterocycles. The Bertz CT molecular complexity index is 532. The van der Waals surface area contributed by atoms with E-state index in [1.54, 1.807) is 0 Å². The summed E-state index contributed by atoms with van der Waals surface area (Å²) >= 11 is 0. The molecule has 0 aromatic carbocycles. The minimum absolute atomic E-state index is 0.244. The van der Waals surface area contributed by atoms with Gasteiger partial charge in [-0.1, -0.05) is 5.16 Å². The summed E-state index contributed by atoms with van der Waals surface area (Å²) in [4.78, 5) is 17.0. The molecular formula is C18H29N3O3. The molecule has 2 aliphatic heterocycles. The predicted molar refractivity (Wildman–Crippen MR) is 90.9 cm³/mol. The average molecular weight is 335 g/mol. The highest BCUT2D eigenvalue weighted by Gasteiger charge is 2.23. The molecule has 2 fully saturated rings. The van der Waals surface area contributed by atoms with Crippen molar-refractivity contribution in [3.63, 3.8) is 0 Å². The van der Waals surface area contributed by atoms with Crippen LogP contribution in [0, 0.1) is 13.8 Å². The minimum Gasteiger partial charge on any atom is -0.377 e. The van der Waals surface area contributed by atoms with Crippen LogP contribution in [0.5, 0.6) is 0 Å². The Balaban J connectivity index is 1.45. The SMILES string of the molecule is Cc1noc(C)c1CCC(=O)N1CCCN(CC2CCCO2)CC1. The highest BCUT2D eigenvalue weighted by atomic mass is 16.5. The number of carbonyl (C=O) groups is 1. The zero-order valence-corrected chi connectivity index (χ0v) is 14.9. The molecule has 2 saturated heterocycles. The van der Waals surface area contributed by atoms with E-state index >= 15 is 0 Å². The van der Waals surface area contributed by atoms with E-state index in [2.05, 4.69) is 10.1 Å². The van der Waals surface area contributed by atoms with Crippen molar-refractivity contribution in [1.29, 1.82) is 0 Å². The van der Waals surface area contributed by atoms with Crippen LogP contribution in [0.2, 0.25) is 0 Å². The van der Waals surface area contributed by atoms with E-state index in [0.717, 1.165) is 69.2 Å². The van der Waals surface area contributed by atoms with Gasteiger partial charge in [-0.25, -0.2) is 0 Å². The predicted octanol–water partition coefficient (Wildman–Crippen LogP) is 1.94. The van der Waals surface area contributed by atoms with Crippen molar-refractivity contribution in [3.05, 3.63) is 17.0 Å². The Labute approximate surface area is 144 Å². The number of nitrogens with zero attached hydrogens (tertiary/aromatic N) is 3. The lowest BCUT2D eigenvalue weighted by molar-refractivity contribution is -0.131. The van der Waals surface area contributed by atoms with Gasteiger partial charge in [-0.05, 0) is 46.1 Å². The van der Waals surface area contributed by atoms with Gasteiger partial charge in [-0.15, -0.1) is 0 Å². The van der Waals surface area contributed by atoms with Gasteiger partial charge in [0.1, 0.15) is 5.76 Å². The second-order valence-electron chi connectivity index (χ2n) is 6.97. The van der Waals surface area contributed by atoms with E-state index in [9.17, 15) is 4.79 Å². The van der Waals surface area contributed by atoms with Crippen molar-refractivity contribution >= 4 is 5.91 Å². The summed E-state index contributed by atoms with van der Waals surface area (Å²) in [5.74, 6) is 1.08. The number of rotatable bonds is 5. The maximum absolute atomic E-state index is 12.6. The molecule has 0 spiro atoms. The average Bonchev–Trinajstić information content (AvgIpc) is 3.10. The molecule has 1 aromatic heterocycles. The van der Waals surface area contributed by atoms with Gasteiger partial charge >= 0.3 is 0 Å². The van der Waals surface area contributed by atoms with Gasteiger partial charge in [0.25, 0.3) is 0 Å². The summed E-state index contributed by atoms with van der Waals surface area (Å²) in [7, 11) is 0. The van der Waals surface area contributed by atoms with Crippen molar-refractivity contribution in [2.45, 2.75) is 52.1 Å². The first kappa shape index (κ1) is 17.4. The van der Waals surface area contributed by atoms with Crippen LogP contribution >= 0.6 is 0 Å². The van der Waals surface area contributed by atoms with E-state index in [-0.39, 0.29) is 5.91 Å². The van der Waals surface area contributed by atoms with Crippen LogP contribution in [0.1, 0.15) is 42.7 Å². The Hall–Kier alpha value is -1.40. The molecule has 0 N–H and O–H groups in total. The number of hydrogen-bond donors (Lipinski definition) is 0. The molecule has 6 heteroatoms. The lowest BCUT2D eigenvalue weighted by Gasteiger charge is -2.24. The molecule has 6 nitrogen and oxygen atoms in total. The third kappa shape index (κ3) is 4.36. The molecule has 1 aromatic rings. The van der Waals surface area contributed by atoms with E-state index in [4.69, 9.17) is 9.26 Å². The monoisotopic (exact) mass is 335 g/mol. The second kappa shape index (κ2) is 8.12. The molecule has 0 bridgehead atoms. The number of hydrogen-bond acceptors (Lipinski definition) is 5. The van der Waals surface area contributed by atoms with Crippen LogP contribution in [0.15, 0.2) is 4.52 Å². The van der Waals surface area contributed by atoms with E-state index in [1.165, 1.54) is 12.8 Å². The zero-order valence-electron chi connectivity index (χ0n) is 14.9. The fraction of sp³-hybridized carbons (Fsp3) is 0.778. The van der Waals surface area contributed by atoms with Gasteiger partial charge in [0.2, 0.25) is 5.91 Å². The number of amides is 1. The molecule has 134 valence electrons. The third-order valence-electron chi connectivity index (χ3n) is 5.20. The maximum Gasteiger partial charge on any atom is 0.222 e. The smallest absolute Gasteiger partial charge is 0.222 e. The molecule has 1 amide bonds. The molecular weight excluding hydrogens is 306 g/mol. The van der Waals surface area contributed by atoms with E-state index in [0.29, 0.717) is 12.5 Å². The van der Waals surface area contributed by atoms with Crippen molar-refractivity contribution < 1.29 is 14.1 Å². The first-order valence-corrected chi connectivity index (χ1v) is 9.17. The number of aromatic nitrogens is 1. The van der Waals surface area contributed by atoms with Crippen LogP contribution in [-0.2, 0) is 16.0 Å². The third-order valence-corrected chi connectivity index (χ3v) is 5.20.